The van der Waals surface area contributed by atoms with Gasteiger partial charge in [-0.05, 0) is 6.92 Å². The molecule has 3 aromatic heterocycles. The van der Waals surface area contributed by atoms with E-state index in [4.69, 9.17) is 10.5 Å². The molecule has 11 heteroatoms. The molecule has 1 saturated heterocycles. The summed E-state index contributed by atoms with van der Waals surface area (Å²) in [6.07, 6.45) is -0.555. The number of H-pyrrole nitrogens is 1. The van der Waals surface area contributed by atoms with E-state index >= 15 is 0 Å². The Hall–Kier alpha value is -2.60. The molecule has 3 aromatic rings. The first-order valence-corrected chi connectivity index (χ1v) is 7.53. The summed E-state index contributed by atoms with van der Waals surface area (Å²) in [5.41, 5.74) is 4.10. The molecule has 11 nitrogen and oxygen atoms in total. The number of ether oxygens (including phenoxy) is 1. The van der Waals surface area contributed by atoms with E-state index in [1.807, 2.05) is 0 Å². The molecule has 4 atom stereocenters. The van der Waals surface area contributed by atoms with E-state index in [1.165, 1.54) is 24.0 Å². The summed E-state index contributed by atoms with van der Waals surface area (Å²) in [6, 6.07) is 0. The number of nitrogen functional groups attached to an aromatic ring is 1. The normalized spacial score (nSPS) is 29.7. The van der Waals surface area contributed by atoms with Crippen molar-refractivity contribution in [2.75, 3.05) is 12.3 Å². The number of aromatic nitrogens is 5. The maximum Gasteiger partial charge on any atom is 0.290 e. The first-order valence-electron chi connectivity index (χ1n) is 7.53. The third-order valence-electron chi connectivity index (χ3n) is 4.50. The van der Waals surface area contributed by atoms with Crippen molar-refractivity contribution < 1.29 is 20.1 Å². The molecule has 4 rings (SSSR count). The van der Waals surface area contributed by atoms with Gasteiger partial charge >= 0.3 is 0 Å². The Morgan fingerprint density at radius 3 is 2.96 bits per heavy atom. The topological polar surface area (TPSA) is 172 Å². The molecular weight excluding hydrogens is 332 g/mol. The third kappa shape index (κ3) is 2.14. The van der Waals surface area contributed by atoms with Crippen LogP contribution in [0.15, 0.2) is 17.2 Å². The number of nitrogens with two attached hydrogens (primary N) is 1. The van der Waals surface area contributed by atoms with Gasteiger partial charge in [0.05, 0.1) is 12.8 Å². The molecule has 132 valence electrons. The minimum atomic E-state index is -1.71. The lowest BCUT2D eigenvalue weighted by Gasteiger charge is -2.27. The van der Waals surface area contributed by atoms with Crippen molar-refractivity contribution in [2.45, 2.75) is 31.0 Å². The van der Waals surface area contributed by atoms with Gasteiger partial charge in [0, 0.05) is 17.0 Å². The molecule has 0 radical (unpaired) electrons. The van der Waals surface area contributed by atoms with Crippen LogP contribution in [0.4, 0.5) is 5.82 Å². The Balaban J connectivity index is 1.98. The van der Waals surface area contributed by atoms with Crippen molar-refractivity contribution in [2.24, 2.45) is 0 Å². The molecule has 0 saturated carbocycles. The number of nitrogens with zero attached hydrogens (tertiary/aromatic N) is 4. The lowest BCUT2D eigenvalue weighted by molar-refractivity contribution is -0.102. The molecule has 1 aliphatic rings. The minimum Gasteiger partial charge on any atom is -0.394 e. The predicted molar refractivity (Wildman–Crippen MR) is 85.5 cm³/mol. The highest BCUT2D eigenvalue weighted by Crippen LogP contribution is 2.38. The van der Waals surface area contributed by atoms with E-state index in [9.17, 15) is 20.1 Å². The number of anilines is 1. The summed E-state index contributed by atoms with van der Waals surface area (Å²) in [5.74, 6) is 0.116. The smallest absolute Gasteiger partial charge is 0.290 e. The highest BCUT2D eigenvalue weighted by atomic mass is 16.6. The number of hydrogen-bond donors (Lipinski definition) is 5. The quantitative estimate of drug-likeness (QED) is 0.360. The molecular formula is C14H16N6O5. The van der Waals surface area contributed by atoms with E-state index in [0.717, 1.165) is 0 Å². The fraction of sp³-hybridized carbons (Fsp3) is 0.429. The van der Waals surface area contributed by atoms with Gasteiger partial charge in [-0.1, -0.05) is 0 Å². The van der Waals surface area contributed by atoms with Gasteiger partial charge in [0.15, 0.2) is 6.23 Å². The van der Waals surface area contributed by atoms with Crippen LogP contribution in [0, 0.1) is 0 Å². The van der Waals surface area contributed by atoms with Crippen LogP contribution in [-0.4, -0.2) is 64.7 Å². The van der Waals surface area contributed by atoms with Gasteiger partial charge in [-0.2, -0.15) is 10.2 Å². The maximum absolute atomic E-state index is 12.0. The van der Waals surface area contributed by atoms with Crippen LogP contribution in [0.5, 0.6) is 0 Å². The predicted octanol–water partition coefficient (Wildman–Crippen LogP) is -1.75. The molecule has 0 aliphatic carbocycles. The maximum atomic E-state index is 12.0. The lowest BCUT2D eigenvalue weighted by Crippen LogP contribution is -2.44. The second-order valence-corrected chi connectivity index (χ2v) is 6.21. The van der Waals surface area contributed by atoms with E-state index < -0.39 is 36.2 Å². The Morgan fingerprint density at radius 1 is 1.52 bits per heavy atom. The lowest BCUT2D eigenvalue weighted by atomic mass is 9.97. The summed E-state index contributed by atoms with van der Waals surface area (Å²) < 4.78 is 6.83. The summed E-state index contributed by atoms with van der Waals surface area (Å²) in [6.45, 7) is 0.916. The van der Waals surface area contributed by atoms with Crippen molar-refractivity contribution in [3.63, 3.8) is 0 Å². The number of nitrogens with one attached hydrogen (secondary N) is 1. The molecule has 6 N–H and O–H groups in total. The van der Waals surface area contributed by atoms with Gasteiger partial charge in [-0.25, -0.2) is 14.8 Å². The molecule has 0 unspecified atom stereocenters. The van der Waals surface area contributed by atoms with Crippen molar-refractivity contribution >= 4 is 27.6 Å². The highest BCUT2D eigenvalue weighted by molar-refractivity contribution is 6.11. The summed E-state index contributed by atoms with van der Waals surface area (Å²) in [4.78, 5) is 16.0. The van der Waals surface area contributed by atoms with Crippen molar-refractivity contribution in [3.05, 3.63) is 22.7 Å². The summed E-state index contributed by atoms with van der Waals surface area (Å²) >= 11 is 0. The van der Waals surface area contributed by atoms with Crippen molar-refractivity contribution in [3.8, 4) is 0 Å². The van der Waals surface area contributed by atoms with Crippen LogP contribution in [0.3, 0.4) is 0 Å². The number of rotatable bonds is 2. The first-order chi connectivity index (χ1) is 11.8. The van der Waals surface area contributed by atoms with Crippen LogP contribution in [0.1, 0.15) is 13.2 Å². The molecule has 4 heterocycles. The van der Waals surface area contributed by atoms with Gasteiger partial charge in [-0.3, -0.25) is 4.79 Å². The van der Waals surface area contributed by atoms with Crippen molar-refractivity contribution in [1.82, 2.24) is 25.0 Å². The fourth-order valence-electron chi connectivity index (χ4n) is 3.17. The van der Waals surface area contributed by atoms with E-state index in [1.54, 1.807) is 0 Å². The standard InChI is InChI=1S/C14H16N6O5/c1-14(24)10(22)7(4-21)25-13(14)20-3-5-8-6(19-20)2-16-18-12(23)9(8)17-11(5)15/h2-3,7,10,13,21-22,24H,4H2,1H3,(H2,15,17)(H,18,23)/t7-,10-,13-,14-/m1/s1. The zero-order chi connectivity index (χ0) is 17.9. The molecule has 1 aliphatic heterocycles. The van der Waals surface area contributed by atoms with Crippen LogP contribution in [0.25, 0.3) is 21.8 Å². The van der Waals surface area contributed by atoms with Crippen LogP contribution < -0.4 is 11.3 Å². The zero-order valence-corrected chi connectivity index (χ0v) is 13.1. The number of aromatic amines is 1. The first kappa shape index (κ1) is 15.9. The largest absolute Gasteiger partial charge is 0.394 e. The molecule has 0 spiro atoms. The summed E-state index contributed by atoms with van der Waals surface area (Å²) in [7, 11) is 0. The molecule has 1 fully saturated rings. The highest BCUT2D eigenvalue weighted by Gasteiger charge is 2.53. The van der Waals surface area contributed by atoms with Gasteiger partial charge in [0.2, 0.25) is 0 Å². The Labute approximate surface area is 139 Å². The van der Waals surface area contributed by atoms with E-state index in [-0.39, 0.29) is 11.3 Å². The number of aliphatic hydroxyl groups is 3. The van der Waals surface area contributed by atoms with Crippen molar-refractivity contribution in [1.29, 1.82) is 0 Å². The average molecular weight is 348 g/mol. The van der Waals surface area contributed by atoms with E-state index in [0.29, 0.717) is 16.3 Å². The Morgan fingerprint density at radius 2 is 2.28 bits per heavy atom. The van der Waals surface area contributed by atoms with Crippen LogP contribution >= 0.6 is 0 Å². The van der Waals surface area contributed by atoms with Crippen LogP contribution in [-0.2, 0) is 4.74 Å². The second kappa shape index (κ2) is 5.20. The van der Waals surface area contributed by atoms with Gasteiger partial charge in [0.25, 0.3) is 5.56 Å². The van der Waals surface area contributed by atoms with Gasteiger partial charge in [0.1, 0.15) is 34.7 Å². The molecule has 25 heavy (non-hydrogen) atoms. The Bertz CT molecular complexity index is 1030. The molecule has 0 aromatic carbocycles. The monoisotopic (exact) mass is 348 g/mol. The van der Waals surface area contributed by atoms with E-state index in [2.05, 4.69) is 20.3 Å². The number of aliphatic hydroxyl groups excluding tert-OH is 2. The summed E-state index contributed by atoms with van der Waals surface area (Å²) in [5, 5.41) is 41.3. The van der Waals surface area contributed by atoms with Gasteiger partial charge < -0.3 is 25.8 Å². The molecule has 0 amide bonds. The van der Waals surface area contributed by atoms with Gasteiger partial charge in [-0.15, -0.1) is 0 Å². The number of hydrogen-bond acceptors (Lipinski definition) is 9. The van der Waals surface area contributed by atoms with Crippen LogP contribution in [0.2, 0.25) is 0 Å². The SMILES string of the molecule is C[C@@]1(O)[C@H](O)[C@@H](CO)O[C@H]1n1cc2c(N)nc3c(=O)[nH]ncc(n1)c23. The molecule has 0 bridgehead atoms. The Kier molecular flexibility index (Phi) is 3.30. The third-order valence-corrected chi connectivity index (χ3v) is 4.50. The zero-order valence-electron chi connectivity index (χ0n) is 13.1. The fourth-order valence-corrected chi connectivity index (χ4v) is 3.17. The minimum absolute atomic E-state index is 0.104. The second-order valence-electron chi connectivity index (χ2n) is 6.21. The average Bonchev–Trinajstić information content (AvgIpc) is 2.96.